The van der Waals surface area contributed by atoms with Crippen molar-refractivity contribution < 1.29 is 4.39 Å². The summed E-state index contributed by atoms with van der Waals surface area (Å²) in [5, 5.41) is 0.172. The van der Waals surface area contributed by atoms with Gasteiger partial charge in [0.05, 0.1) is 5.02 Å². The lowest BCUT2D eigenvalue weighted by atomic mass is 10.0. The Kier molecular flexibility index (Phi) is 4.36. The number of rotatable bonds is 4. The maximum absolute atomic E-state index is 12.8. The van der Waals surface area contributed by atoms with Gasteiger partial charge in [-0.05, 0) is 30.5 Å². The molecule has 1 nitrogen and oxygen atoms in total. The minimum Gasteiger partial charge on any atom is -0.327 e. The molecule has 1 unspecified atom stereocenters. The quantitative estimate of drug-likeness (QED) is 0.821. The molecule has 0 aliphatic heterocycles. The molecule has 0 saturated heterocycles. The van der Waals surface area contributed by atoms with E-state index in [0.717, 1.165) is 24.8 Å². The molecule has 0 bridgehead atoms. The molecule has 78 valence electrons. The van der Waals surface area contributed by atoms with Crippen molar-refractivity contribution in [2.45, 2.75) is 32.2 Å². The third-order valence-corrected chi connectivity index (χ3v) is 2.43. The van der Waals surface area contributed by atoms with Gasteiger partial charge in [0.25, 0.3) is 0 Å². The van der Waals surface area contributed by atoms with Crippen LogP contribution in [-0.4, -0.2) is 6.04 Å². The van der Waals surface area contributed by atoms with Crippen molar-refractivity contribution in [1.82, 2.24) is 0 Å². The molecule has 1 aromatic carbocycles. The second-order valence-electron chi connectivity index (χ2n) is 3.50. The molecule has 1 rings (SSSR count). The first-order chi connectivity index (χ1) is 6.63. The van der Waals surface area contributed by atoms with Crippen LogP contribution in [0, 0.1) is 5.82 Å². The molecule has 0 heterocycles. The zero-order valence-electron chi connectivity index (χ0n) is 8.26. The van der Waals surface area contributed by atoms with Gasteiger partial charge >= 0.3 is 0 Å². The van der Waals surface area contributed by atoms with Gasteiger partial charge in [-0.2, -0.15) is 0 Å². The van der Waals surface area contributed by atoms with Crippen LogP contribution in [-0.2, 0) is 6.42 Å². The fourth-order valence-corrected chi connectivity index (χ4v) is 1.65. The Morgan fingerprint density at radius 2 is 2.21 bits per heavy atom. The average Bonchev–Trinajstić information content (AvgIpc) is 2.12. The van der Waals surface area contributed by atoms with E-state index in [1.54, 1.807) is 12.1 Å². The summed E-state index contributed by atoms with van der Waals surface area (Å²) in [5.74, 6) is -0.375. The summed E-state index contributed by atoms with van der Waals surface area (Å²) >= 11 is 5.66. The standard InChI is InChI=1S/C11H15ClFN/c1-2-3-9(14)6-8-4-5-11(13)10(12)7-8/h4-5,7,9H,2-3,6,14H2,1H3. The zero-order chi connectivity index (χ0) is 10.6. The molecule has 0 spiro atoms. The van der Waals surface area contributed by atoms with Crippen LogP contribution in [0.15, 0.2) is 18.2 Å². The van der Waals surface area contributed by atoms with Crippen molar-refractivity contribution in [2.75, 3.05) is 0 Å². The Morgan fingerprint density at radius 3 is 2.79 bits per heavy atom. The molecule has 1 aromatic rings. The molecule has 0 aliphatic carbocycles. The van der Waals surface area contributed by atoms with Crippen molar-refractivity contribution in [3.8, 4) is 0 Å². The van der Waals surface area contributed by atoms with Crippen LogP contribution in [0.2, 0.25) is 5.02 Å². The van der Waals surface area contributed by atoms with Crippen molar-refractivity contribution in [3.63, 3.8) is 0 Å². The van der Waals surface area contributed by atoms with Gasteiger partial charge in [0.2, 0.25) is 0 Å². The highest BCUT2D eigenvalue weighted by Crippen LogP contribution is 2.17. The predicted octanol–water partition coefficient (Wildman–Crippen LogP) is 3.15. The molecular formula is C11H15ClFN. The van der Waals surface area contributed by atoms with E-state index in [0.29, 0.717) is 0 Å². The summed E-state index contributed by atoms with van der Waals surface area (Å²) in [5.41, 5.74) is 6.87. The van der Waals surface area contributed by atoms with E-state index in [4.69, 9.17) is 17.3 Å². The summed E-state index contributed by atoms with van der Waals surface area (Å²) in [6, 6.07) is 4.90. The summed E-state index contributed by atoms with van der Waals surface area (Å²) in [6.07, 6.45) is 2.80. The fourth-order valence-electron chi connectivity index (χ4n) is 1.44. The minimum absolute atomic E-state index is 0.140. The van der Waals surface area contributed by atoms with Gasteiger partial charge in [-0.25, -0.2) is 4.39 Å². The molecule has 0 radical (unpaired) electrons. The Labute approximate surface area is 89.1 Å². The van der Waals surface area contributed by atoms with Crippen molar-refractivity contribution in [3.05, 3.63) is 34.6 Å². The lowest BCUT2D eigenvalue weighted by molar-refractivity contribution is 0.597. The van der Waals surface area contributed by atoms with Crippen LogP contribution < -0.4 is 5.73 Å². The molecule has 0 saturated carbocycles. The smallest absolute Gasteiger partial charge is 0.141 e. The average molecular weight is 216 g/mol. The van der Waals surface area contributed by atoms with Gasteiger partial charge in [0.1, 0.15) is 5.82 Å². The van der Waals surface area contributed by atoms with E-state index >= 15 is 0 Å². The van der Waals surface area contributed by atoms with E-state index in [9.17, 15) is 4.39 Å². The first kappa shape index (κ1) is 11.5. The monoisotopic (exact) mass is 215 g/mol. The molecule has 3 heteroatoms. The van der Waals surface area contributed by atoms with E-state index < -0.39 is 0 Å². The Morgan fingerprint density at radius 1 is 1.50 bits per heavy atom. The molecule has 0 fully saturated rings. The number of nitrogens with two attached hydrogens (primary N) is 1. The maximum Gasteiger partial charge on any atom is 0.141 e. The second-order valence-corrected chi connectivity index (χ2v) is 3.91. The largest absolute Gasteiger partial charge is 0.327 e. The topological polar surface area (TPSA) is 26.0 Å². The SMILES string of the molecule is CCCC(N)Cc1ccc(F)c(Cl)c1. The minimum atomic E-state index is -0.375. The Balaban J connectivity index is 2.63. The van der Waals surface area contributed by atoms with Crippen LogP contribution in [0.25, 0.3) is 0 Å². The lowest BCUT2D eigenvalue weighted by Crippen LogP contribution is -2.22. The van der Waals surface area contributed by atoms with Crippen LogP contribution >= 0.6 is 11.6 Å². The molecule has 14 heavy (non-hydrogen) atoms. The third kappa shape index (κ3) is 3.28. The van der Waals surface area contributed by atoms with Gasteiger partial charge in [-0.15, -0.1) is 0 Å². The van der Waals surface area contributed by atoms with E-state index in [-0.39, 0.29) is 16.9 Å². The van der Waals surface area contributed by atoms with Gasteiger partial charge < -0.3 is 5.73 Å². The van der Waals surface area contributed by atoms with Gasteiger partial charge in [-0.1, -0.05) is 31.0 Å². The van der Waals surface area contributed by atoms with E-state index in [2.05, 4.69) is 6.92 Å². The number of halogens is 2. The zero-order valence-corrected chi connectivity index (χ0v) is 9.02. The highest BCUT2D eigenvalue weighted by atomic mass is 35.5. The van der Waals surface area contributed by atoms with Crippen LogP contribution in [0.4, 0.5) is 4.39 Å². The molecule has 0 amide bonds. The molecular weight excluding hydrogens is 201 g/mol. The normalized spacial score (nSPS) is 12.9. The van der Waals surface area contributed by atoms with Crippen molar-refractivity contribution in [1.29, 1.82) is 0 Å². The molecule has 0 aliphatic rings. The highest BCUT2D eigenvalue weighted by Gasteiger charge is 2.05. The highest BCUT2D eigenvalue weighted by molar-refractivity contribution is 6.30. The van der Waals surface area contributed by atoms with Crippen LogP contribution in [0.3, 0.4) is 0 Å². The number of benzene rings is 1. The molecule has 1 atom stereocenters. The second kappa shape index (κ2) is 5.32. The first-order valence-electron chi connectivity index (χ1n) is 4.83. The third-order valence-electron chi connectivity index (χ3n) is 2.14. The predicted molar refractivity (Wildman–Crippen MR) is 58.0 cm³/mol. The van der Waals surface area contributed by atoms with Crippen LogP contribution in [0.5, 0.6) is 0 Å². The maximum atomic E-state index is 12.8. The number of hydrogen-bond donors (Lipinski definition) is 1. The van der Waals surface area contributed by atoms with Crippen LogP contribution in [0.1, 0.15) is 25.3 Å². The Bertz CT molecular complexity index is 301. The Hall–Kier alpha value is -0.600. The van der Waals surface area contributed by atoms with Gasteiger partial charge in [-0.3, -0.25) is 0 Å². The van der Waals surface area contributed by atoms with E-state index in [1.165, 1.54) is 6.07 Å². The summed E-state index contributed by atoms with van der Waals surface area (Å²) in [6.45, 7) is 2.09. The summed E-state index contributed by atoms with van der Waals surface area (Å²) < 4.78 is 12.8. The first-order valence-corrected chi connectivity index (χ1v) is 5.20. The van der Waals surface area contributed by atoms with Crippen molar-refractivity contribution >= 4 is 11.6 Å². The number of hydrogen-bond acceptors (Lipinski definition) is 1. The van der Waals surface area contributed by atoms with Gasteiger partial charge in [0, 0.05) is 6.04 Å². The van der Waals surface area contributed by atoms with Crippen molar-refractivity contribution in [2.24, 2.45) is 5.73 Å². The molecule has 2 N–H and O–H groups in total. The van der Waals surface area contributed by atoms with Gasteiger partial charge in [0.15, 0.2) is 0 Å². The summed E-state index contributed by atoms with van der Waals surface area (Å²) in [7, 11) is 0. The molecule has 0 aromatic heterocycles. The van der Waals surface area contributed by atoms with E-state index in [1.807, 2.05) is 0 Å². The lowest BCUT2D eigenvalue weighted by Gasteiger charge is -2.10. The summed E-state index contributed by atoms with van der Waals surface area (Å²) in [4.78, 5) is 0. The fraction of sp³-hybridized carbons (Fsp3) is 0.455.